The van der Waals surface area contributed by atoms with E-state index in [1.165, 1.54) is 0 Å². The maximum Gasteiger partial charge on any atom is 0.240 e. The fraction of sp³-hybridized carbons (Fsp3) is 0.812. The minimum atomic E-state index is 0.0701. The van der Waals surface area contributed by atoms with Crippen LogP contribution in [0.3, 0.4) is 0 Å². The summed E-state index contributed by atoms with van der Waals surface area (Å²) in [6.45, 7) is 11.4. The van der Waals surface area contributed by atoms with Gasteiger partial charge in [0.15, 0.2) is 5.82 Å². The van der Waals surface area contributed by atoms with Gasteiger partial charge < -0.3 is 9.42 Å². The second kappa shape index (κ2) is 6.97. The van der Waals surface area contributed by atoms with Gasteiger partial charge in [-0.25, -0.2) is 0 Å². The third-order valence-corrected chi connectivity index (χ3v) is 4.85. The molecule has 0 aromatic carbocycles. The van der Waals surface area contributed by atoms with Crippen molar-refractivity contribution >= 4 is 5.91 Å². The van der Waals surface area contributed by atoms with Crippen LogP contribution in [0.2, 0.25) is 0 Å². The number of aromatic nitrogens is 2. The zero-order valence-corrected chi connectivity index (χ0v) is 14.4. The Morgan fingerprint density at radius 3 is 2.57 bits per heavy atom. The Bertz CT molecular complexity index is 536. The number of likely N-dealkylation sites (tertiary alicyclic amines) is 1. The number of piperidine rings is 1. The molecule has 0 aliphatic carbocycles. The number of carbonyl (C=O) groups excluding carboxylic acids is 1. The van der Waals surface area contributed by atoms with Gasteiger partial charge in [0.05, 0.1) is 12.6 Å². The number of hydrogen-bond acceptors (Lipinski definition) is 6. The quantitative estimate of drug-likeness (QED) is 0.821. The summed E-state index contributed by atoms with van der Waals surface area (Å²) in [6, 6.07) is 0.369. The summed E-state index contributed by atoms with van der Waals surface area (Å²) < 4.78 is 5.02. The van der Waals surface area contributed by atoms with Gasteiger partial charge in [-0.1, -0.05) is 5.16 Å². The van der Waals surface area contributed by atoms with Crippen molar-refractivity contribution < 1.29 is 9.32 Å². The minimum absolute atomic E-state index is 0.0701. The van der Waals surface area contributed by atoms with E-state index in [4.69, 9.17) is 4.52 Å². The van der Waals surface area contributed by atoms with E-state index in [1.54, 1.807) is 0 Å². The van der Waals surface area contributed by atoms with Crippen molar-refractivity contribution in [3.05, 3.63) is 11.7 Å². The van der Waals surface area contributed by atoms with Gasteiger partial charge >= 0.3 is 0 Å². The highest BCUT2D eigenvalue weighted by atomic mass is 16.5. The Kier molecular flexibility index (Phi) is 4.96. The average Bonchev–Trinajstić information content (AvgIpc) is 2.93. The normalized spacial score (nSPS) is 24.6. The highest BCUT2D eigenvalue weighted by Gasteiger charge is 2.35. The van der Waals surface area contributed by atoms with E-state index in [0.717, 1.165) is 57.9 Å². The highest BCUT2D eigenvalue weighted by Crippen LogP contribution is 2.21. The molecule has 1 amide bonds. The number of nitrogens with zero attached hydrogens (tertiary/aromatic N) is 5. The molecule has 2 saturated heterocycles. The van der Waals surface area contributed by atoms with Crippen LogP contribution < -0.4 is 0 Å². The van der Waals surface area contributed by atoms with Crippen molar-refractivity contribution in [1.82, 2.24) is 24.8 Å². The predicted molar refractivity (Wildman–Crippen MR) is 85.8 cm³/mol. The average molecular weight is 321 g/mol. The van der Waals surface area contributed by atoms with Gasteiger partial charge in [-0.15, -0.1) is 0 Å². The second-order valence-corrected chi connectivity index (χ2v) is 6.83. The standard InChI is InChI=1S/C16H27N5O2/c1-12(2)21-6-4-5-14(16(21)22)20-9-7-19(8-10-20)11-15-17-13(3)23-18-15/h12,14H,4-11H2,1-3H3/t14-/m1/s1. The molecular weight excluding hydrogens is 294 g/mol. The summed E-state index contributed by atoms with van der Waals surface area (Å²) in [4.78, 5) is 23.7. The van der Waals surface area contributed by atoms with E-state index in [-0.39, 0.29) is 6.04 Å². The van der Waals surface area contributed by atoms with E-state index < -0.39 is 0 Å². The lowest BCUT2D eigenvalue weighted by atomic mass is 10.0. The third kappa shape index (κ3) is 3.72. The van der Waals surface area contributed by atoms with Crippen molar-refractivity contribution in [3.63, 3.8) is 0 Å². The predicted octanol–water partition coefficient (Wildman–Crippen LogP) is 0.895. The van der Waals surface area contributed by atoms with Crippen molar-refractivity contribution in [2.24, 2.45) is 0 Å². The first-order valence-electron chi connectivity index (χ1n) is 8.60. The van der Waals surface area contributed by atoms with Crippen molar-refractivity contribution in [2.45, 2.75) is 52.2 Å². The monoisotopic (exact) mass is 321 g/mol. The molecule has 2 aliphatic heterocycles. The Labute approximate surface area is 137 Å². The summed E-state index contributed by atoms with van der Waals surface area (Å²) in [5, 5.41) is 3.96. The largest absolute Gasteiger partial charge is 0.340 e. The first-order chi connectivity index (χ1) is 11.0. The molecule has 23 heavy (non-hydrogen) atoms. The molecule has 3 rings (SSSR count). The lowest BCUT2D eigenvalue weighted by molar-refractivity contribution is -0.143. The molecule has 1 aromatic heterocycles. The molecule has 0 spiro atoms. The van der Waals surface area contributed by atoms with E-state index in [2.05, 4.69) is 33.8 Å². The van der Waals surface area contributed by atoms with Gasteiger partial charge in [-0.3, -0.25) is 14.6 Å². The fourth-order valence-corrected chi connectivity index (χ4v) is 3.57. The highest BCUT2D eigenvalue weighted by molar-refractivity contribution is 5.82. The maximum absolute atomic E-state index is 12.7. The molecule has 0 unspecified atom stereocenters. The van der Waals surface area contributed by atoms with Crippen LogP contribution in [0, 0.1) is 6.92 Å². The number of hydrogen-bond donors (Lipinski definition) is 0. The molecule has 7 nitrogen and oxygen atoms in total. The van der Waals surface area contributed by atoms with Gasteiger partial charge in [0.1, 0.15) is 0 Å². The zero-order chi connectivity index (χ0) is 16.4. The molecule has 3 heterocycles. The van der Waals surface area contributed by atoms with E-state index >= 15 is 0 Å². The lowest BCUT2D eigenvalue weighted by Gasteiger charge is -2.43. The van der Waals surface area contributed by atoms with Gasteiger partial charge in [0.25, 0.3) is 0 Å². The van der Waals surface area contributed by atoms with Gasteiger partial charge in [0.2, 0.25) is 11.8 Å². The summed E-state index contributed by atoms with van der Waals surface area (Å²) in [7, 11) is 0. The van der Waals surface area contributed by atoms with Crippen LogP contribution in [0.1, 0.15) is 38.4 Å². The van der Waals surface area contributed by atoms with E-state index in [9.17, 15) is 4.79 Å². The smallest absolute Gasteiger partial charge is 0.240 e. The lowest BCUT2D eigenvalue weighted by Crippen LogP contribution is -2.58. The summed E-state index contributed by atoms with van der Waals surface area (Å²) >= 11 is 0. The van der Waals surface area contributed by atoms with Gasteiger partial charge in [-0.05, 0) is 26.7 Å². The van der Waals surface area contributed by atoms with Crippen LogP contribution in [-0.2, 0) is 11.3 Å². The van der Waals surface area contributed by atoms with Crippen LogP contribution >= 0.6 is 0 Å². The SMILES string of the molecule is Cc1nc(CN2CCN([C@@H]3CCCN(C(C)C)C3=O)CC2)no1. The Balaban J connectivity index is 1.53. The fourth-order valence-electron chi connectivity index (χ4n) is 3.57. The topological polar surface area (TPSA) is 65.7 Å². The third-order valence-electron chi connectivity index (χ3n) is 4.85. The molecule has 128 valence electrons. The van der Waals surface area contributed by atoms with Gasteiger partial charge in [-0.2, -0.15) is 4.98 Å². The number of aryl methyl sites for hydroxylation is 1. The molecule has 0 radical (unpaired) electrons. The Morgan fingerprint density at radius 2 is 1.96 bits per heavy atom. The summed E-state index contributed by atoms with van der Waals surface area (Å²) in [5.41, 5.74) is 0. The van der Waals surface area contributed by atoms with Crippen LogP contribution in [0.5, 0.6) is 0 Å². The summed E-state index contributed by atoms with van der Waals surface area (Å²) in [6.07, 6.45) is 2.10. The first kappa shape index (κ1) is 16.4. The van der Waals surface area contributed by atoms with Gasteiger partial charge in [0, 0.05) is 45.7 Å². The maximum atomic E-state index is 12.7. The zero-order valence-electron chi connectivity index (χ0n) is 14.4. The molecule has 0 N–H and O–H groups in total. The van der Waals surface area contributed by atoms with Crippen LogP contribution in [0.25, 0.3) is 0 Å². The van der Waals surface area contributed by atoms with Crippen LogP contribution in [0.4, 0.5) is 0 Å². The second-order valence-electron chi connectivity index (χ2n) is 6.83. The van der Waals surface area contributed by atoms with Crippen molar-refractivity contribution in [2.75, 3.05) is 32.7 Å². The number of carbonyl (C=O) groups is 1. The molecule has 7 heteroatoms. The molecule has 1 atom stereocenters. The molecule has 2 aliphatic rings. The minimum Gasteiger partial charge on any atom is -0.340 e. The molecule has 0 saturated carbocycles. The van der Waals surface area contributed by atoms with Crippen molar-refractivity contribution in [1.29, 1.82) is 0 Å². The van der Waals surface area contributed by atoms with Crippen LogP contribution in [-0.4, -0.2) is 75.6 Å². The molecule has 1 aromatic rings. The Hall–Kier alpha value is -1.47. The first-order valence-corrected chi connectivity index (χ1v) is 8.60. The molecule has 0 bridgehead atoms. The van der Waals surface area contributed by atoms with E-state index in [0.29, 0.717) is 17.8 Å². The molecule has 2 fully saturated rings. The van der Waals surface area contributed by atoms with Crippen LogP contribution in [0.15, 0.2) is 4.52 Å². The van der Waals surface area contributed by atoms with E-state index in [1.807, 2.05) is 11.8 Å². The number of amides is 1. The number of rotatable bonds is 4. The number of piperazine rings is 1. The summed E-state index contributed by atoms with van der Waals surface area (Å²) in [5.74, 6) is 1.67. The molecular formula is C16H27N5O2. The van der Waals surface area contributed by atoms with Crippen molar-refractivity contribution in [3.8, 4) is 0 Å². The Morgan fingerprint density at radius 1 is 1.22 bits per heavy atom.